The maximum absolute atomic E-state index is 13.5. The Morgan fingerprint density at radius 2 is 2.04 bits per heavy atom. The van der Waals surface area contributed by atoms with Gasteiger partial charge in [-0.3, -0.25) is 14.9 Å². The number of allylic oxidation sites excluding steroid dienone is 2. The number of rotatable bonds is 5. The second kappa shape index (κ2) is 6.86. The number of hydrogen-bond donors (Lipinski definition) is 0. The molecule has 26 heavy (non-hydrogen) atoms. The molecule has 1 aromatic carbocycles. The topological polar surface area (TPSA) is 69.4 Å². The van der Waals surface area contributed by atoms with Crippen LogP contribution in [-0.4, -0.2) is 17.1 Å². The molecule has 142 valence electrons. The van der Waals surface area contributed by atoms with Crippen molar-refractivity contribution >= 4 is 23.3 Å². The van der Waals surface area contributed by atoms with Gasteiger partial charge in [-0.25, -0.2) is 0 Å². The Bertz CT molecular complexity index is 776. The van der Waals surface area contributed by atoms with E-state index in [0.717, 1.165) is 18.2 Å². The van der Waals surface area contributed by atoms with Crippen LogP contribution in [0.3, 0.4) is 0 Å². The summed E-state index contributed by atoms with van der Waals surface area (Å²) in [6.07, 6.45) is -3.90. The Balaban J connectivity index is 2.02. The number of alkyl halides is 3. The minimum Gasteiger partial charge on any atom is -0.461 e. The lowest BCUT2D eigenvalue weighted by atomic mass is 10.1. The van der Waals surface area contributed by atoms with Crippen molar-refractivity contribution in [3.63, 3.8) is 0 Å². The maximum Gasteiger partial charge on any atom is 0.426 e. The molecule has 2 unspecified atom stereocenters. The van der Waals surface area contributed by atoms with E-state index in [1.807, 2.05) is 0 Å². The average molecular weight is 396 g/mol. The first-order valence-electron chi connectivity index (χ1n) is 7.39. The monoisotopic (exact) mass is 395 g/mol. The molecule has 2 atom stereocenters. The molecule has 0 saturated heterocycles. The van der Waals surface area contributed by atoms with Crippen LogP contribution in [0.4, 0.5) is 23.2 Å². The molecule has 0 aromatic heterocycles. The van der Waals surface area contributed by atoms with Gasteiger partial charge in [-0.15, -0.1) is 0 Å². The lowest BCUT2D eigenvalue weighted by molar-refractivity contribution is -0.387. The van der Waals surface area contributed by atoms with Crippen molar-refractivity contribution in [2.75, 3.05) is 0 Å². The first-order chi connectivity index (χ1) is 11.9. The number of carbonyl (C=O) groups excluding carboxylic acids is 1. The van der Waals surface area contributed by atoms with Gasteiger partial charge in [-0.1, -0.05) is 31.5 Å². The number of hydrogen-bond acceptors (Lipinski definition) is 4. The first kappa shape index (κ1) is 20.2. The molecule has 0 N–H and O–H groups in total. The summed E-state index contributed by atoms with van der Waals surface area (Å²) in [6, 6.07) is 3.03. The van der Waals surface area contributed by atoms with E-state index in [9.17, 15) is 32.5 Å². The summed E-state index contributed by atoms with van der Waals surface area (Å²) >= 11 is 5.21. The lowest BCUT2D eigenvalue weighted by Crippen LogP contribution is -2.11. The largest absolute Gasteiger partial charge is 0.461 e. The highest BCUT2D eigenvalue weighted by Crippen LogP contribution is 2.60. The number of nitro groups is 1. The third kappa shape index (κ3) is 4.14. The molecule has 10 heteroatoms. The van der Waals surface area contributed by atoms with Gasteiger partial charge < -0.3 is 4.74 Å². The highest BCUT2D eigenvalue weighted by atomic mass is 35.5. The second-order valence-electron chi connectivity index (χ2n) is 6.49. The summed E-state index contributed by atoms with van der Waals surface area (Å²) in [5.74, 6) is -3.38. The molecule has 0 heterocycles. The fourth-order valence-electron chi connectivity index (χ4n) is 2.72. The molecule has 1 saturated carbocycles. The minimum atomic E-state index is -4.69. The number of benzene rings is 1. The number of carbonyl (C=O) groups is 1. The van der Waals surface area contributed by atoms with Crippen LogP contribution >= 0.6 is 11.6 Å². The zero-order chi connectivity index (χ0) is 19.9. The quantitative estimate of drug-likeness (QED) is 0.313. The van der Waals surface area contributed by atoms with Gasteiger partial charge >= 0.3 is 17.8 Å². The molecule has 0 spiro atoms. The normalized spacial score (nSPS) is 22.0. The van der Waals surface area contributed by atoms with Crippen LogP contribution in [0, 0.1) is 33.2 Å². The fraction of sp³-hybridized carbons (Fsp3) is 0.438. The zero-order valence-corrected chi connectivity index (χ0v) is 14.4. The van der Waals surface area contributed by atoms with Crippen molar-refractivity contribution in [2.24, 2.45) is 17.3 Å². The van der Waals surface area contributed by atoms with E-state index >= 15 is 0 Å². The minimum absolute atomic E-state index is 0.181. The number of nitro benzene ring substituents is 1. The van der Waals surface area contributed by atoms with Gasteiger partial charge in [-0.2, -0.15) is 17.6 Å². The molecule has 0 amide bonds. The smallest absolute Gasteiger partial charge is 0.426 e. The van der Waals surface area contributed by atoms with E-state index in [2.05, 4.69) is 0 Å². The first-order valence-corrected chi connectivity index (χ1v) is 7.77. The standard InChI is InChI=1S/C16H14ClF4NO4/c1-15(2)9(6-12(17)16(19,20)21)13(15)14(23)26-7-8-3-4-11(22(24)25)10(18)5-8/h3-6,9,13H,7H2,1-2H3/b12-6+. The van der Waals surface area contributed by atoms with Gasteiger partial charge in [0, 0.05) is 6.07 Å². The predicted molar refractivity (Wildman–Crippen MR) is 83.6 cm³/mol. The van der Waals surface area contributed by atoms with Crippen molar-refractivity contribution < 1.29 is 32.0 Å². The number of nitrogens with zero attached hydrogens (tertiary/aromatic N) is 1. The summed E-state index contributed by atoms with van der Waals surface area (Å²) < 4.78 is 56.1. The average Bonchev–Trinajstić information content (AvgIpc) is 3.04. The van der Waals surface area contributed by atoms with Crippen molar-refractivity contribution in [3.8, 4) is 0 Å². The van der Waals surface area contributed by atoms with Gasteiger partial charge in [0.15, 0.2) is 0 Å². The Morgan fingerprint density at radius 3 is 2.54 bits per heavy atom. The predicted octanol–water partition coefficient (Wildman–Crippen LogP) is 4.73. The molecule has 1 aliphatic carbocycles. The van der Waals surface area contributed by atoms with E-state index in [-0.39, 0.29) is 12.2 Å². The summed E-state index contributed by atoms with van der Waals surface area (Å²) in [6.45, 7) is 2.85. The van der Waals surface area contributed by atoms with Crippen LogP contribution in [0.25, 0.3) is 0 Å². The van der Waals surface area contributed by atoms with Gasteiger partial charge in [-0.05, 0) is 29.0 Å². The maximum atomic E-state index is 13.5. The molecule has 0 radical (unpaired) electrons. The third-order valence-electron chi connectivity index (χ3n) is 4.35. The molecule has 1 aliphatic rings. The SMILES string of the molecule is CC1(C)C(/C=C(/Cl)C(F)(F)F)C1C(=O)OCc1ccc([N+](=O)[O-])c(F)c1. The van der Waals surface area contributed by atoms with Crippen LogP contribution in [0.1, 0.15) is 19.4 Å². The van der Waals surface area contributed by atoms with Crippen LogP contribution in [0.5, 0.6) is 0 Å². The molecule has 0 aliphatic heterocycles. The number of esters is 1. The highest BCUT2D eigenvalue weighted by molar-refractivity contribution is 6.30. The zero-order valence-electron chi connectivity index (χ0n) is 13.6. The summed E-state index contributed by atoms with van der Waals surface area (Å²) in [5.41, 5.74) is -1.29. The fourth-order valence-corrected chi connectivity index (χ4v) is 2.86. The van der Waals surface area contributed by atoms with E-state index in [4.69, 9.17) is 16.3 Å². The Morgan fingerprint density at radius 1 is 1.42 bits per heavy atom. The molecule has 1 aromatic rings. The molecular formula is C16H14ClF4NO4. The Labute approximate surface area is 150 Å². The molecular weight excluding hydrogens is 382 g/mol. The molecule has 0 bridgehead atoms. The molecule has 2 rings (SSSR count). The van der Waals surface area contributed by atoms with Crippen LogP contribution in [0.2, 0.25) is 0 Å². The van der Waals surface area contributed by atoms with E-state index in [1.54, 1.807) is 13.8 Å². The van der Waals surface area contributed by atoms with Crippen LogP contribution < -0.4 is 0 Å². The Hall–Kier alpha value is -2.16. The lowest BCUT2D eigenvalue weighted by Gasteiger charge is -2.06. The van der Waals surface area contributed by atoms with Crippen LogP contribution in [0.15, 0.2) is 29.3 Å². The third-order valence-corrected chi connectivity index (χ3v) is 4.69. The summed E-state index contributed by atoms with van der Waals surface area (Å²) in [5, 5.41) is 9.24. The van der Waals surface area contributed by atoms with E-state index in [0.29, 0.717) is 0 Å². The second-order valence-corrected chi connectivity index (χ2v) is 6.89. The summed E-state index contributed by atoms with van der Waals surface area (Å²) in [7, 11) is 0. The van der Waals surface area contributed by atoms with E-state index < -0.39 is 50.9 Å². The van der Waals surface area contributed by atoms with Gasteiger partial charge in [0.05, 0.1) is 10.8 Å². The summed E-state index contributed by atoms with van der Waals surface area (Å²) in [4.78, 5) is 21.8. The van der Waals surface area contributed by atoms with Crippen LogP contribution in [-0.2, 0) is 16.1 Å². The van der Waals surface area contributed by atoms with E-state index in [1.165, 1.54) is 6.07 Å². The molecule has 1 fully saturated rings. The van der Waals surface area contributed by atoms with Crippen molar-refractivity contribution in [1.82, 2.24) is 0 Å². The van der Waals surface area contributed by atoms with Crippen molar-refractivity contribution in [3.05, 3.63) is 50.8 Å². The highest BCUT2D eigenvalue weighted by Gasteiger charge is 2.62. The van der Waals surface area contributed by atoms with Crippen molar-refractivity contribution in [1.29, 1.82) is 0 Å². The van der Waals surface area contributed by atoms with Gasteiger partial charge in [0.2, 0.25) is 5.82 Å². The molecule has 5 nitrogen and oxygen atoms in total. The number of halogens is 5. The number of ether oxygens (including phenoxy) is 1. The Kier molecular flexibility index (Phi) is 5.32. The van der Waals surface area contributed by atoms with Gasteiger partial charge in [0.1, 0.15) is 11.6 Å². The van der Waals surface area contributed by atoms with Gasteiger partial charge in [0.25, 0.3) is 0 Å². The van der Waals surface area contributed by atoms with Crippen molar-refractivity contribution in [2.45, 2.75) is 26.6 Å².